The standard InChI is InChI=1S/C16H29NO3.ClH/c1-6-10-16(14(5)18,15(19)20-9-4)13-17(11-7-2)12-8-3;/h6H,1,7-13H2,2-5H3;1H/p-1. The molecule has 0 N–H and O–H groups in total. The fraction of sp³-hybridized carbons (Fsp3) is 0.750. The molecule has 0 aromatic heterocycles. The van der Waals surface area contributed by atoms with E-state index in [9.17, 15) is 9.59 Å². The van der Waals surface area contributed by atoms with Gasteiger partial charge in [-0.3, -0.25) is 9.59 Å². The van der Waals surface area contributed by atoms with Gasteiger partial charge in [0.25, 0.3) is 0 Å². The van der Waals surface area contributed by atoms with Gasteiger partial charge < -0.3 is 22.0 Å². The lowest BCUT2D eigenvalue weighted by Gasteiger charge is -2.33. The maximum Gasteiger partial charge on any atom is 0.321 e. The molecule has 0 aliphatic carbocycles. The van der Waals surface area contributed by atoms with Crippen molar-refractivity contribution in [2.24, 2.45) is 5.41 Å². The van der Waals surface area contributed by atoms with Gasteiger partial charge in [-0.2, -0.15) is 0 Å². The number of nitrogens with zero attached hydrogens (tertiary/aromatic N) is 1. The van der Waals surface area contributed by atoms with Crippen molar-refractivity contribution in [1.29, 1.82) is 0 Å². The Morgan fingerprint density at radius 1 is 1.19 bits per heavy atom. The smallest absolute Gasteiger partial charge is 0.321 e. The van der Waals surface area contributed by atoms with Gasteiger partial charge in [0.15, 0.2) is 0 Å². The van der Waals surface area contributed by atoms with Crippen molar-refractivity contribution in [3.63, 3.8) is 0 Å². The first-order valence-electron chi connectivity index (χ1n) is 7.49. The first kappa shape index (κ1) is 22.4. The van der Waals surface area contributed by atoms with Crippen LogP contribution in [0.15, 0.2) is 12.7 Å². The van der Waals surface area contributed by atoms with Gasteiger partial charge in [0.1, 0.15) is 11.2 Å². The highest BCUT2D eigenvalue weighted by atomic mass is 35.5. The summed E-state index contributed by atoms with van der Waals surface area (Å²) >= 11 is 0. The number of rotatable bonds is 11. The van der Waals surface area contributed by atoms with Crippen molar-refractivity contribution in [1.82, 2.24) is 4.90 Å². The normalized spacial score (nSPS) is 13.2. The molecule has 124 valence electrons. The highest BCUT2D eigenvalue weighted by Crippen LogP contribution is 2.28. The van der Waals surface area contributed by atoms with E-state index in [2.05, 4.69) is 25.3 Å². The molecule has 5 heteroatoms. The molecule has 1 atom stereocenters. The molecule has 0 aromatic rings. The number of allylic oxidation sites excluding steroid dienone is 1. The number of esters is 1. The van der Waals surface area contributed by atoms with Crippen molar-refractivity contribution in [3.8, 4) is 0 Å². The minimum Gasteiger partial charge on any atom is -1.00 e. The predicted molar refractivity (Wildman–Crippen MR) is 81.6 cm³/mol. The van der Waals surface area contributed by atoms with Gasteiger partial charge in [-0.15, -0.1) is 6.58 Å². The van der Waals surface area contributed by atoms with Crippen LogP contribution in [-0.2, 0) is 14.3 Å². The number of hydrogen-bond acceptors (Lipinski definition) is 4. The molecule has 0 radical (unpaired) electrons. The van der Waals surface area contributed by atoms with Crippen molar-refractivity contribution < 1.29 is 26.7 Å². The lowest BCUT2D eigenvalue weighted by Crippen LogP contribution is -3.00. The Morgan fingerprint density at radius 2 is 1.71 bits per heavy atom. The van der Waals surface area contributed by atoms with Crippen molar-refractivity contribution in [3.05, 3.63) is 12.7 Å². The molecule has 21 heavy (non-hydrogen) atoms. The topological polar surface area (TPSA) is 46.6 Å². The Balaban J connectivity index is 0. The summed E-state index contributed by atoms with van der Waals surface area (Å²) in [6.07, 6.45) is 3.94. The van der Waals surface area contributed by atoms with E-state index in [0.717, 1.165) is 25.9 Å². The molecule has 4 nitrogen and oxygen atoms in total. The van der Waals surface area contributed by atoms with Crippen LogP contribution >= 0.6 is 0 Å². The third kappa shape index (κ3) is 6.62. The van der Waals surface area contributed by atoms with Gasteiger partial charge in [0, 0.05) is 6.54 Å². The highest BCUT2D eigenvalue weighted by molar-refractivity contribution is 6.03. The van der Waals surface area contributed by atoms with Crippen LogP contribution in [0.5, 0.6) is 0 Å². The van der Waals surface area contributed by atoms with Gasteiger partial charge in [-0.1, -0.05) is 19.9 Å². The van der Waals surface area contributed by atoms with Crippen LogP contribution in [0.4, 0.5) is 0 Å². The molecule has 0 bridgehead atoms. The van der Waals surface area contributed by atoms with Crippen LogP contribution in [0, 0.1) is 5.41 Å². The highest BCUT2D eigenvalue weighted by Gasteiger charge is 2.44. The molecule has 0 heterocycles. The number of ketones is 1. The lowest BCUT2D eigenvalue weighted by molar-refractivity contribution is -0.161. The first-order chi connectivity index (χ1) is 9.48. The van der Waals surface area contributed by atoms with Crippen molar-refractivity contribution in [2.45, 2.75) is 47.0 Å². The molecular formula is C16H29ClNO3-. The van der Waals surface area contributed by atoms with E-state index in [-0.39, 0.29) is 24.8 Å². The summed E-state index contributed by atoms with van der Waals surface area (Å²) in [7, 11) is 0. The van der Waals surface area contributed by atoms with Gasteiger partial charge in [-0.05, 0) is 46.2 Å². The summed E-state index contributed by atoms with van der Waals surface area (Å²) in [5.41, 5.74) is -1.11. The molecule has 0 amide bonds. The van der Waals surface area contributed by atoms with E-state index < -0.39 is 11.4 Å². The number of carbonyl (C=O) groups is 2. The Morgan fingerprint density at radius 3 is 2.05 bits per heavy atom. The molecule has 0 aromatic carbocycles. The molecule has 1 unspecified atom stereocenters. The van der Waals surface area contributed by atoms with E-state index in [1.54, 1.807) is 13.0 Å². The third-order valence-electron chi connectivity index (χ3n) is 3.41. The second-order valence-electron chi connectivity index (χ2n) is 5.13. The molecule has 0 aliphatic heterocycles. The molecule has 0 aliphatic rings. The number of ether oxygens (including phenoxy) is 1. The van der Waals surface area contributed by atoms with Crippen LogP contribution in [0.25, 0.3) is 0 Å². The average molecular weight is 319 g/mol. The largest absolute Gasteiger partial charge is 1.00 e. The van der Waals surface area contributed by atoms with E-state index in [1.165, 1.54) is 6.92 Å². The average Bonchev–Trinajstić information content (AvgIpc) is 2.38. The third-order valence-corrected chi connectivity index (χ3v) is 3.41. The summed E-state index contributed by atoms with van der Waals surface area (Å²) in [5.74, 6) is -0.572. The fourth-order valence-corrected chi connectivity index (χ4v) is 2.41. The SMILES string of the molecule is C=CCC(CN(CCC)CCC)(C(C)=O)C(=O)OCC.[Cl-]. The zero-order valence-corrected chi connectivity index (χ0v) is 14.5. The monoisotopic (exact) mass is 318 g/mol. The summed E-state index contributed by atoms with van der Waals surface area (Å²) in [5, 5.41) is 0. The Kier molecular flexibility index (Phi) is 12.5. The van der Waals surface area contributed by atoms with Crippen LogP contribution in [0.3, 0.4) is 0 Å². The van der Waals surface area contributed by atoms with Gasteiger partial charge in [-0.25, -0.2) is 0 Å². The second-order valence-corrected chi connectivity index (χ2v) is 5.13. The molecule has 0 saturated heterocycles. The maximum atomic E-state index is 12.3. The quantitative estimate of drug-likeness (QED) is 0.301. The first-order valence-corrected chi connectivity index (χ1v) is 7.49. The lowest BCUT2D eigenvalue weighted by atomic mass is 9.80. The summed E-state index contributed by atoms with van der Waals surface area (Å²) in [6, 6.07) is 0. The summed E-state index contributed by atoms with van der Waals surface area (Å²) in [6.45, 7) is 13.5. The van der Waals surface area contributed by atoms with Crippen LogP contribution < -0.4 is 12.4 Å². The fourth-order valence-electron chi connectivity index (χ4n) is 2.41. The Labute approximate surface area is 135 Å². The van der Waals surface area contributed by atoms with Crippen molar-refractivity contribution >= 4 is 11.8 Å². The number of carbonyl (C=O) groups excluding carboxylic acids is 2. The van der Waals surface area contributed by atoms with Gasteiger partial charge in [0.05, 0.1) is 6.61 Å². The number of hydrogen-bond donors (Lipinski definition) is 0. The summed E-state index contributed by atoms with van der Waals surface area (Å²) in [4.78, 5) is 26.6. The molecule has 0 fully saturated rings. The van der Waals surface area contributed by atoms with E-state index in [1.807, 2.05) is 0 Å². The molecule has 0 rings (SSSR count). The van der Waals surface area contributed by atoms with Crippen LogP contribution in [0.1, 0.15) is 47.0 Å². The van der Waals surface area contributed by atoms with Crippen LogP contribution in [-0.4, -0.2) is 42.9 Å². The summed E-state index contributed by atoms with van der Waals surface area (Å²) < 4.78 is 5.14. The number of Topliss-reactive ketones (excluding diaryl/α,β-unsaturated/α-hetero) is 1. The molecule has 0 saturated carbocycles. The Hall–Kier alpha value is -0.870. The zero-order chi connectivity index (χ0) is 15.6. The van der Waals surface area contributed by atoms with E-state index in [4.69, 9.17) is 4.74 Å². The maximum absolute atomic E-state index is 12.3. The molecular weight excluding hydrogens is 290 g/mol. The zero-order valence-electron chi connectivity index (χ0n) is 13.8. The minimum atomic E-state index is -1.11. The van der Waals surface area contributed by atoms with E-state index in [0.29, 0.717) is 13.0 Å². The molecule has 0 spiro atoms. The predicted octanol–water partition coefficient (Wildman–Crippen LogP) is -0.173. The van der Waals surface area contributed by atoms with Crippen LogP contribution in [0.2, 0.25) is 0 Å². The number of halogens is 1. The minimum absolute atomic E-state index is 0. The van der Waals surface area contributed by atoms with E-state index >= 15 is 0 Å². The second kappa shape index (κ2) is 11.8. The van der Waals surface area contributed by atoms with Gasteiger partial charge >= 0.3 is 5.97 Å². The van der Waals surface area contributed by atoms with Crippen molar-refractivity contribution in [2.75, 3.05) is 26.2 Å². The Bertz CT molecular complexity index is 327. The van der Waals surface area contributed by atoms with Gasteiger partial charge in [0.2, 0.25) is 0 Å².